The Hall–Kier alpha value is -1.88. The molecule has 3 aromatic rings. The Bertz CT molecular complexity index is 1260. The minimum Gasteiger partial charge on any atom is -0.506 e. The van der Waals surface area contributed by atoms with Crippen LogP contribution in [-0.2, 0) is 16.4 Å². The molecule has 30 heavy (non-hydrogen) atoms. The van der Waals surface area contributed by atoms with Crippen LogP contribution in [0.15, 0.2) is 53.7 Å². The van der Waals surface area contributed by atoms with Crippen LogP contribution in [0.2, 0.25) is 0 Å². The molecule has 1 fully saturated rings. The highest BCUT2D eigenvalue weighted by molar-refractivity contribution is 9.11. The summed E-state index contributed by atoms with van der Waals surface area (Å²) in [6.07, 6.45) is 2.20. The van der Waals surface area contributed by atoms with Gasteiger partial charge in [0.2, 0.25) is 10.0 Å². The van der Waals surface area contributed by atoms with E-state index in [0.29, 0.717) is 43.2 Å². The number of phenolic OH excluding ortho intramolecular Hbond substituents is 1. The molecule has 2 aromatic carbocycles. The lowest BCUT2D eigenvalue weighted by Crippen LogP contribution is -2.25. The van der Waals surface area contributed by atoms with E-state index in [1.807, 2.05) is 6.92 Å². The van der Waals surface area contributed by atoms with Crippen molar-refractivity contribution in [2.45, 2.75) is 37.1 Å². The molecule has 0 unspecified atom stereocenters. The number of aromatic hydroxyl groups is 1. The minimum atomic E-state index is -3.62. The van der Waals surface area contributed by atoms with Gasteiger partial charge in [0, 0.05) is 29.5 Å². The monoisotopic (exact) mass is 556 g/mol. The molecule has 1 heterocycles. The summed E-state index contributed by atoms with van der Waals surface area (Å²) in [6.45, 7) is 1.89. The number of hydrogen-bond donors (Lipinski definition) is 3. The van der Waals surface area contributed by atoms with Crippen molar-refractivity contribution in [2.24, 2.45) is 5.16 Å². The van der Waals surface area contributed by atoms with Gasteiger partial charge in [-0.1, -0.05) is 12.1 Å². The number of rotatable bonds is 6. The fraction of sp³-hybridized carbons (Fsp3) is 0.250. The maximum atomic E-state index is 12.6. The third-order valence-corrected chi connectivity index (χ3v) is 7.62. The lowest BCUT2D eigenvalue weighted by molar-refractivity contribution is 0.319. The van der Waals surface area contributed by atoms with Crippen LogP contribution < -0.4 is 4.72 Å². The van der Waals surface area contributed by atoms with Crippen LogP contribution in [0, 0.1) is 0 Å². The number of benzene rings is 2. The van der Waals surface area contributed by atoms with Gasteiger partial charge >= 0.3 is 0 Å². The summed E-state index contributed by atoms with van der Waals surface area (Å²) < 4.78 is 34.6. The topological polar surface area (TPSA) is 112 Å². The third kappa shape index (κ3) is 3.89. The second kappa shape index (κ2) is 7.99. The second-order valence-electron chi connectivity index (χ2n) is 7.04. The van der Waals surface area contributed by atoms with Gasteiger partial charge in [0.15, 0.2) is 0 Å². The minimum absolute atomic E-state index is 0.00331. The molecule has 158 valence electrons. The number of nitrogens with zero attached hydrogens (tertiary/aromatic N) is 1. The van der Waals surface area contributed by atoms with Crippen molar-refractivity contribution in [3.05, 3.63) is 56.2 Å². The number of phenols is 1. The van der Waals surface area contributed by atoms with Crippen LogP contribution in [0.5, 0.6) is 5.75 Å². The second-order valence-corrected chi connectivity index (χ2v) is 10.5. The quantitative estimate of drug-likeness (QED) is 0.227. The molecule has 0 radical (unpaired) electrons. The molecule has 4 rings (SSSR count). The van der Waals surface area contributed by atoms with E-state index in [2.05, 4.69) is 41.7 Å². The summed E-state index contributed by atoms with van der Waals surface area (Å²) >= 11 is 6.57. The first-order chi connectivity index (χ1) is 14.2. The maximum Gasteiger partial charge on any atom is 0.240 e. The Morgan fingerprint density at radius 2 is 1.90 bits per heavy atom. The molecule has 0 bridgehead atoms. The first-order valence-electron chi connectivity index (χ1n) is 9.23. The zero-order chi connectivity index (χ0) is 21.6. The molecule has 0 spiro atoms. The van der Waals surface area contributed by atoms with Crippen molar-refractivity contribution in [1.82, 2.24) is 4.72 Å². The van der Waals surface area contributed by atoms with Crippen LogP contribution in [0.4, 0.5) is 0 Å². The number of sulfonamides is 1. The van der Waals surface area contributed by atoms with Crippen molar-refractivity contribution >= 4 is 58.6 Å². The summed E-state index contributed by atoms with van der Waals surface area (Å²) in [7, 11) is -3.62. The number of fused-ring (bicyclic) bond motifs is 1. The Kier molecular flexibility index (Phi) is 5.69. The van der Waals surface area contributed by atoms with Gasteiger partial charge in [-0.3, -0.25) is 0 Å². The molecule has 1 saturated carbocycles. The number of furan rings is 1. The van der Waals surface area contributed by atoms with E-state index in [9.17, 15) is 18.7 Å². The molecule has 1 aromatic heterocycles. The van der Waals surface area contributed by atoms with Gasteiger partial charge in [-0.05, 0) is 69.0 Å². The van der Waals surface area contributed by atoms with Gasteiger partial charge in [0.25, 0.3) is 0 Å². The third-order valence-electron chi connectivity index (χ3n) is 4.89. The van der Waals surface area contributed by atoms with E-state index >= 15 is 0 Å². The van der Waals surface area contributed by atoms with E-state index < -0.39 is 10.0 Å². The van der Waals surface area contributed by atoms with Crippen LogP contribution in [0.25, 0.3) is 11.0 Å². The van der Waals surface area contributed by atoms with Gasteiger partial charge < -0.3 is 14.7 Å². The van der Waals surface area contributed by atoms with Gasteiger partial charge in [0.1, 0.15) is 22.8 Å². The van der Waals surface area contributed by atoms with Crippen molar-refractivity contribution in [1.29, 1.82) is 0 Å². The zero-order valence-corrected chi connectivity index (χ0v) is 19.8. The summed E-state index contributed by atoms with van der Waals surface area (Å²) in [6, 6.07) is 7.93. The van der Waals surface area contributed by atoms with Crippen molar-refractivity contribution < 1.29 is 23.1 Å². The van der Waals surface area contributed by atoms with Crippen LogP contribution in [0.3, 0.4) is 0 Å². The number of hydrogen-bond acceptors (Lipinski definition) is 6. The normalized spacial score (nSPS) is 15.1. The molecule has 0 aliphatic heterocycles. The lowest BCUT2D eigenvalue weighted by atomic mass is 9.98. The summed E-state index contributed by atoms with van der Waals surface area (Å²) in [5.41, 5.74) is 1.74. The van der Waals surface area contributed by atoms with Crippen molar-refractivity contribution in [3.8, 4) is 5.75 Å². The molecule has 0 atom stereocenters. The van der Waals surface area contributed by atoms with Gasteiger partial charge in [-0.15, -0.1) is 0 Å². The molecule has 0 amide bonds. The van der Waals surface area contributed by atoms with E-state index in [0.717, 1.165) is 12.8 Å². The Balaban J connectivity index is 1.85. The highest BCUT2D eigenvalue weighted by Gasteiger charge is 2.29. The Morgan fingerprint density at radius 1 is 1.23 bits per heavy atom. The molecule has 10 heteroatoms. The highest BCUT2D eigenvalue weighted by atomic mass is 79.9. The predicted octanol–water partition coefficient (Wildman–Crippen LogP) is 4.89. The maximum absolute atomic E-state index is 12.6. The number of oxime groups is 1. The molecular weight excluding hydrogens is 540 g/mol. The fourth-order valence-electron chi connectivity index (χ4n) is 3.25. The smallest absolute Gasteiger partial charge is 0.240 e. The summed E-state index contributed by atoms with van der Waals surface area (Å²) in [5, 5.41) is 23.9. The predicted molar refractivity (Wildman–Crippen MR) is 120 cm³/mol. The number of aryl methyl sites for hydroxylation is 1. The molecule has 0 saturated heterocycles. The standard InChI is InChI=1S/C20H18Br2N2O5S/c1-2-16-18(19(23-26)10-7-14(21)20(25)15(22)8-10)13-6-5-12(9-17(13)29-16)30(27,28)24-11-3-4-11/h5-9,11,24-26H,2-4H2,1H3. The largest absolute Gasteiger partial charge is 0.506 e. The molecule has 1 aliphatic rings. The molecule has 1 aliphatic carbocycles. The number of halogens is 2. The van der Waals surface area contributed by atoms with E-state index in [-0.39, 0.29) is 22.4 Å². The van der Waals surface area contributed by atoms with Crippen molar-refractivity contribution in [2.75, 3.05) is 0 Å². The molecular formula is C20H18Br2N2O5S. The highest BCUT2D eigenvalue weighted by Crippen LogP contribution is 2.36. The summed E-state index contributed by atoms with van der Waals surface area (Å²) in [5.74, 6) is 0.588. The van der Waals surface area contributed by atoms with E-state index in [1.54, 1.807) is 18.2 Å². The van der Waals surface area contributed by atoms with Crippen LogP contribution >= 0.6 is 31.9 Å². The number of nitrogens with one attached hydrogen (secondary N) is 1. The first kappa shape index (κ1) is 21.4. The first-order valence-corrected chi connectivity index (χ1v) is 12.3. The average molecular weight is 558 g/mol. The van der Waals surface area contributed by atoms with Gasteiger partial charge in [0.05, 0.1) is 19.4 Å². The fourth-order valence-corrected chi connectivity index (χ4v) is 5.75. The summed E-state index contributed by atoms with van der Waals surface area (Å²) in [4.78, 5) is 0.127. The van der Waals surface area contributed by atoms with Gasteiger partial charge in [-0.2, -0.15) is 0 Å². The van der Waals surface area contributed by atoms with Crippen molar-refractivity contribution in [3.63, 3.8) is 0 Å². The Morgan fingerprint density at radius 3 is 2.47 bits per heavy atom. The lowest BCUT2D eigenvalue weighted by Gasteiger charge is -2.09. The zero-order valence-electron chi connectivity index (χ0n) is 15.8. The average Bonchev–Trinajstić information content (AvgIpc) is 3.44. The van der Waals surface area contributed by atoms with E-state index in [1.165, 1.54) is 12.1 Å². The van der Waals surface area contributed by atoms with E-state index in [4.69, 9.17) is 4.42 Å². The molecule has 7 nitrogen and oxygen atoms in total. The molecule has 3 N–H and O–H groups in total. The van der Waals surface area contributed by atoms with Crippen LogP contribution in [0.1, 0.15) is 36.7 Å². The Labute approximate surface area is 190 Å². The van der Waals surface area contributed by atoms with Crippen LogP contribution in [-0.4, -0.2) is 30.5 Å². The SMILES string of the molecule is CCc1oc2cc(S(=O)(=O)NC3CC3)ccc2c1C(=NO)c1cc(Br)c(O)c(Br)c1. The van der Waals surface area contributed by atoms with Gasteiger partial charge in [-0.25, -0.2) is 13.1 Å².